The van der Waals surface area contributed by atoms with Gasteiger partial charge in [0.1, 0.15) is 0 Å². The van der Waals surface area contributed by atoms with Crippen LogP contribution >= 0.6 is 0 Å². The molecule has 1 aliphatic rings. The largest absolute Gasteiger partial charge is 0.331 e. The van der Waals surface area contributed by atoms with Gasteiger partial charge in [0.15, 0.2) is 5.92 Å². The summed E-state index contributed by atoms with van der Waals surface area (Å²) < 4.78 is 0. The Morgan fingerprint density at radius 3 is 2.61 bits per heavy atom. The van der Waals surface area contributed by atoms with Crippen LogP contribution in [-0.2, 0) is 9.59 Å². The highest BCUT2D eigenvalue weighted by atomic mass is 16.2. The molecule has 0 saturated carbocycles. The molecule has 1 saturated heterocycles. The maximum atomic E-state index is 12.4. The number of rotatable bonds is 5. The minimum atomic E-state index is -1.08. The summed E-state index contributed by atoms with van der Waals surface area (Å²) in [6.07, 6.45) is 1.43. The normalized spacial score (nSPS) is 20.3. The Kier molecular flexibility index (Phi) is 5.05. The number of carbonyl (C=O) groups excluding carboxylic acids is 3. The first-order valence-electron chi connectivity index (χ1n) is 7.32. The zero-order valence-electron chi connectivity index (χ0n) is 13.2. The van der Waals surface area contributed by atoms with Crippen molar-refractivity contribution in [3.05, 3.63) is 48.6 Å². The van der Waals surface area contributed by atoms with Gasteiger partial charge in [-0.1, -0.05) is 36.4 Å². The second kappa shape index (κ2) is 7.00. The van der Waals surface area contributed by atoms with Crippen molar-refractivity contribution in [1.29, 1.82) is 0 Å². The highest BCUT2D eigenvalue weighted by molar-refractivity contribution is 6.27. The van der Waals surface area contributed by atoms with Crippen LogP contribution in [0.15, 0.2) is 48.0 Å². The summed E-state index contributed by atoms with van der Waals surface area (Å²) in [4.78, 5) is 41.6. The fourth-order valence-electron chi connectivity index (χ4n) is 2.47. The quantitative estimate of drug-likeness (QED) is 0.513. The van der Waals surface area contributed by atoms with Gasteiger partial charge in [0.25, 0.3) is 0 Å². The standard InChI is InChI=1S/C17H19N3O3/c1-4-10-20-16(22)14(15(21)19-17(20)23)12(3)18-11(2)13-8-6-5-7-9-13/h4-9,11,14H,1,10H2,2-3H3,(H,19,21,23)/t11-,14?/m1/s1. The average molecular weight is 313 g/mol. The van der Waals surface area contributed by atoms with E-state index < -0.39 is 23.8 Å². The summed E-state index contributed by atoms with van der Waals surface area (Å²) in [6.45, 7) is 7.08. The van der Waals surface area contributed by atoms with Crippen LogP contribution in [0.4, 0.5) is 4.79 Å². The van der Waals surface area contributed by atoms with E-state index in [9.17, 15) is 14.4 Å². The Balaban J connectivity index is 2.25. The number of barbiturate groups is 1. The number of hydrogen-bond acceptors (Lipinski definition) is 4. The fourth-order valence-corrected chi connectivity index (χ4v) is 2.47. The van der Waals surface area contributed by atoms with Gasteiger partial charge in [0, 0.05) is 12.3 Å². The minimum Gasteiger partial charge on any atom is -0.285 e. The first-order valence-corrected chi connectivity index (χ1v) is 7.32. The van der Waals surface area contributed by atoms with Crippen molar-refractivity contribution in [2.75, 3.05) is 6.54 Å². The van der Waals surface area contributed by atoms with Gasteiger partial charge in [0.05, 0.1) is 6.04 Å². The van der Waals surface area contributed by atoms with E-state index in [2.05, 4.69) is 16.9 Å². The molecule has 0 radical (unpaired) electrons. The van der Waals surface area contributed by atoms with Gasteiger partial charge in [-0.05, 0) is 19.4 Å². The van der Waals surface area contributed by atoms with Crippen LogP contribution in [0.5, 0.6) is 0 Å². The number of carbonyl (C=O) groups is 3. The second-order valence-corrected chi connectivity index (χ2v) is 5.32. The topological polar surface area (TPSA) is 78.8 Å². The van der Waals surface area contributed by atoms with Crippen LogP contribution in [-0.4, -0.2) is 35.0 Å². The first-order chi connectivity index (χ1) is 11.0. The van der Waals surface area contributed by atoms with Crippen molar-refractivity contribution in [3.8, 4) is 0 Å². The van der Waals surface area contributed by atoms with E-state index in [1.165, 1.54) is 6.08 Å². The molecule has 6 heteroatoms. The predicted octanol–water partition coefficient (Wildman–Crippen LogP) is 2.09. The predicted molar refractivity (Wildman–Crippen MR) is 86.9 cm³/mol. The van der Waals surface area contributed by atoms with Crippen LogP contribution in [0.3, 0.4) is 0 Å². The molecule has 6 nitrogen and oxygen atoms in total. The smallest absolute Gasteiger partial charge is 0.285 e. The van der Waals surface area contributed by atoms with Gasteiger partial charge >= 0.3 is 6.03 Å². The Morgan fingerprint density at radius 1 is 1.35 bits per heavy atom. The Labute approximate surface area is 134 Å². The third kappa shape index (κ3) is 3.53. The van der Waals surface area contributed by atoms with Gasteiger partial charge in [-0.25, -0.2) is 4.79 Å². The minimum absolute atomic E-state index is 0.0516. The molecule has 1 aromatic carbocycles. The summed E-state index contributed by atoms with van der Waals surface area (Å²) in [6, 6.07) is 8.65. The molecular formula is C17H19N3O3. The van der Waals surface area contributed by atoms with Crippen LogP contribution < -0.4 is 5.32 Å². The molecule has 0 aliphatic carbocycles. The molecule has 1 heterocycles. The third-order valence-corrected chi connectivity index (χ3v) is 3.66. The van der Waals surface area contributed by atoms with E-state index in [1.54, 1.807) is 6.92 Å². The maximum Gasteiger partial charge on any atom is 0.331 e. The van der Waals surface area contributed by atoms with Crippen molar-refractivity contribution >= 4 is 23.6 Å². The number of imide groups is 2. The second-order valence-electron chi connectivity index (χ2n) is 5.32. The lowest BCUT2D eigenvalue weighted by Crippen LogP contribution is -2.59. The molecule has 1 aromatic rings. The number of amides is 4. The molecule has 4 amide bonds. The molecule has 23 heavy (non-hydrogen) atoms. The van der Waals surface area contributed by atoms with Gasteiger partial charge < -0.3 is 0 Å². The number of aliphatic imine (C=N–C) groups is 1. The molecule has 0 bridgehead atoms. The molecule has 120 valence electrons. The van der Waals surface area contributed by atoms with Crippen molar-refractivity contribution in [2.24, 2.45) is 10.9 Å². The molecule has 1 unspecified atom stereocenters. The summed E-state index contributed by atoms with van der Waals surface area (Å²) in [5, 5.41) is 2.19. The maximum absolute atomic E-state index is 12.4. The average Bonchev–Trinajstić information content (AvgIpc) is 2.52. The van der Waals surface area contributed by atoms with Crippen molar-refractivity contribution in [1.82, 2.24) is 10.2 Å². The number of nitrogens with one attached hydrogen (secondary N) is 1. The van der Waals surface area contributed by atoms with Gasteiger partial charge in [-0.3, -0.25) is 24.8 Å². The fraction of sp³-hybridized carbons (Fsp3) is 0.294. The van der Waals surface area contributed by atoms with E-state index >= 15 is 0 Å². The Bertz CT molecular complexity index is 667. The summed E-state index contributed by atoms with van der Waals surface area (Å²) >= 11 is 0. The van der Waals surface area contributed by atoms with Gasteiger partial charge in [0.2, 0.25) is 11.8 Å². The number of urea groups is 1. The lowest BCUT2D eigenvalue weighted by molar-refractivity contribution is -0.139. The van der Waals surface area contributed by atoms with Crippen LogP contribution in [0.25, 0.3) is 0 Å². The van der Waals surface area contributed by atoms with Crippen LogP contribution in [0.2, 0.25) is 0 Å². The molecule has 0 spiro atoms. The van der Waals surface area contributed by atoms with Crippen molar-refractivity contribution < 1.29 is 14.4 Å². The number of benzene rings is 1. The van der Waals surface area contributed by atoms with Gasteiger partial charge in [-0.2, -0.15) is 0 Å². The molecule has 2 rings (SSSR count). The van der Waals surface area contributed by atoms with E-state index in [4.69, 9.17) is 0 Å². The molecule has 1 fully saturated rings. The van der Waals surface area contributed by atoms with Crippen molar-refractivity contribution in [3.63, 3.8) is 0 Å². The summed E-state index contributed by atoms with van der Waals surface area (Å²) in [5.74, 6) is -2.29. The van der Waals surface area contributed by atoms with Crippen molar-refractivity contribution in [2.45, 2.75) is 19.9 Å². The monoisotopic (exact) mass is 313 g/mol. The lowest BCUT2D eigenvalue weighted by atomic mass is 9.98. The molecular weight excluding hydrogens is 294 g/mol. The summed E-state index contributed by atoms with van der Waals surface area (Å²) in [7, 11) is 0. The number of nitrogens with zero attached hydrogens (tertiary/aromatic N) is 2. The zero-order valence-corrected chi connectivity index (χ0v) is 13.2. The zero-order chi connectivity index (χ0) is 17.0. The van der Waals surface area contributed by atoms with Crippen LogP contribution in [0, 0.1) is 5.92 Å². The number of hydrogen-bond donors (Lipinski definition) is 1. The van der Waals surface area contributed by atoms with Crippen LogP contribution in [0.1, 0.15) is 25.5 Å². The van der Waals surface area contributed by atoms with E-state index in [0.717, 1.165) is 10.5 Å². The molecule has 2 atom stereocenters. The molecule has 1 aliphatic heterocycles. The highest BCUT2D eigenvalue weighted by Crippen LogP contribution is 2.19. The third-order valence-electron chi connectivity index (χ3n) is 3.66. The van der Waals surface area contributed by atoms with Gasteiger partial charge in [-0.15, -0.1) is 6.58 Å². The summed E-state index contributed by atoms with van der Waals surface area (Å²) in [5.41, 5.74) is 1.36. The molecule has 0 aromatic heterocycles. The lowest BCUT2D eigenvalue weighted by Gasteiger charge is -2.29. The van der Waals surface area contributed by atoms with E-state index in [0.29, 0.717) is 5.71 Å². The van der Waals surface area contributed by atoms with E-state index in [1.807, 2.05) is 37.3 Å². The highest BCUT2D eigenvalue weighted by Gasteiger charge is 2.41. The molecule has 1 N–H and O–H groups in total. The SMILES string of the molecule is C=CCN1C(=O)NC(=O)C(C(C)=N[C@H](C)c2ccccc2)C1=O. The first kappa shape index (κ1) is 16.6. The Hall–Kier alpha value is -2.76. The Morgan fingerprint density at radius 2 is 2.00 bits per heavy atom. The van der Waals surface area contributed by atoms with E-state index in [-0.39, 0.29) is 12.6 Å².